The fraction of sp³-hybridized carbons (Fsp3) is 0.714. The van der Waals surface area contributed by atoms with E-state index in [0.29, 0.717) is 6.54 Å². The van der Waals surface area contributed by atoms with Gasteiger partial charge in [-0.2, -0.15) is 5.26 Å². The van der Waals surface area contributed by atoms with Gasteiger partial charge in [0, 0.05) is 13.0 Å². The van der Waals surface area contributed by atoms with Gasteiger partial charge in [0.2, 0.25) is 0 Å². The highest BCUT2D eigenvalue weighted by Gasteiger charge is 2.16. The molecule has 0 saturated carbocycles. The van der Waals surface area contributed by atoms with E-state index in [1.54, 1.807) is 0 Å². The zero-order valence-electron chi connectivity index (χ0n) is 7.53. The van der Waals surface area contributed by atoms with Crippen LogP contribution >= 0.6 is 0 Å². The van der Waals surface area contributed by atoms with Crippen molar-refractivity contribution in [1.29, 1.82) is 5.26 Å². The van der Waals surface area contributed by atoms with Crippen LogP contribution in [-0.2, 0) is 6.54 Å². The number of alkyl halides is 1. The van der Waals surface area contributed by atoms with Crippen molar-refractivity contribution in [3.05, 3.63) is 5.82 Å². The van der Waals surface area contributed by atoms with Gasteiger partial charge in [0.1, 0.15) is 11.7 Å². The highest BCUT2D eigenvalue weighted by Crippen LogP contribution is 2.14. The minimum Gasteiger partial charge on any atom is -0.244 e. The second kappa shape index (κ2) is 3.47. The monoisotopic (exact) mass is 183 g/mol. The maximum Gasteiger partial charge on any atom is 0.253 e. The molecule has 70 valence electrons. The highest BCUT2D eigenvalue weighted by atomic mass is 19.1. The molecule has 1 rings (SSSR count). The van der Waals surface area contributed by atoms with Gasteiger partial charge in [-0.25, -0.2) is 9.07 Å². The summed E-state index contributed by atoms with van der Waals surface area (Å²) in [6, 6.07) is 1.82. The third-order valence-corrected chi connectivity index (χ3v) is 1.55. The number of aromatic nitrogens is 4. The molecule has 6 heteroatoms. The molecule has 0 spiro atoms. The quantitative estimate of drug-likeness (QED) is 0.691. The van der Waals surface area contributed by atoms with Gasteiger partial charge in [0.05, 0.1) is 0 Å². The van der Waals surface area contributed by atoms with Gasteiger partial charge in [-0.05, 0) is 24.3 Å². The van der Waals surface area contributed by atoms with Crippen molar-refractivity contribution in [2.75, 3.05) is 0 Å². The average Bonchev–Trinajstić information content (AvgIpc) is 2.46. The first kappa shape index (κ1) is 9.58. The van der Waals surface area contributed by atoms with E-state index in [1.807, 2.05) is 6.07 Å². The summed E-state index contributed by atoms with van der Waals surface area (Å²) in [5.41, 5.74) is -1.27. The molecular weight excluding hydrogens is 173 g/mol. The normalized spacial score (nSPS) is 11.2. The smallest absolute Gasteiger partial charge is 0.244 e. The van der Waals surface area contributed by atoms with E-state index >= 15 is 0 Å². The fourth-order valence-electron chi connectivity index (χ4n) is 0.807. The molecular formula is C7H10FN5. The summed E-state index contributed by atoms with van der Waals surface area (Å²) in [6.45, 7) is 3.27. The molecule has 0 aromatic carbocycles. The molecule has 0 N–H and O–H groups in total. The SMILES string of the molecule is CC(C)(F)CCn1nnnc1C#N. The van der Waals surface area contributed by atoms with E-state index in [-0.39, 0.29) is 12.2 Å². The van der Waals surface area contributed by atoms with Crippen LogP contribution in [0, 0.1) is 11.3 Å². The van der Waals surface area contributed by atoms with Crippen LogP contribution in [0.5, 0.6) is 0 Å². The van der Waals surface area contributed by atoms with Crippen molar-refractivity contribution in [2.24, 2.45) is 0 Å². The highest BCUT2D eigenvalue weighted by molar-refractivity contribution is 5.05. The molecule has 0 bridgehead atoms. The summed E-state index contributed by atoms with van der Waals surface area (Å²) < 4.78 is 14.3. The molecule has 0 aliphatic rings. The van der Waals surface area contributed by atoms with Gasteiger partial charge >= 0.3 is 0 Å². The molecule has 0 atom stereocenters. The standard InChI is InChI=1S/C7H10FN5/c1-7(2,8)3-4-13-6(5-9)10-11-12-13/h3-4H2,1-2H3. The molecule has 0 saturated heterocycles. The predicted molar refractivity (Wildman–Crippen MR) is 42.3 cm³/mol. The van der Waals surface area contributed by atoms with Crippen molar-refractivity contribution in [1.82, 2.24) is 20.2 Å². The van der Waals surface area contributed by atoms with Crippen molar-refractivity contribution in [2.45, 2.75) is 32.5 Å². The van der Waals surface area contributed by atoms with Crippen LogP contribution in [0.3, 0.4) is 0 Å². The first-order valence-corrected chi connectivity index (χ1v) is 3.88. The summed E-state index contributed by atoms with van der Waals surface area (Å²) in [5, 5.41) is 18.9. The van der Waals surface area contributed by atoms with E-state index < -0.39 is 5.67 Å². The van der Waals surface area contributed by atoms with E-state index in [1.165, 1.54) is 18.5 Å². The second-order valence-corrected chi connectivity index (χ2v) is 3.31. The lowest BCUT2D eigenvalue weighted by Crippen LogP contribution is -2.17. The van der Waals surface area contributed by atoms with E-state index in [4.69, 9.17) is 5.26 Å². The largest absolute Gasteiger partial charge is 0.253 e. The maximum atomic E-state index is 13.1. The topological polar surface area (TPSA) is 67.4 Å². The number of rotatable bonds is 3. The van der Waals surface area contributed by atoms with Gasteiger partial charge in [-0.1, -0.05) is 5.10 Å². The molecule has 13 heavy (non-hydrogen) atoms. The molecule has 0 radical (unpaired) electrons. The fourth-order valence-corrected chi connectivity index (χ4v) is 0.807. The van der Waals surface area contributed by atoms with Crippen LogP contribution < -0.4 is 0 Å². The number of nitrogens with zero attached hydrogens (tertiary/aromatic N) is 5. The lowest BCUT2D eigenvalue weighted by Gasteiger charge is -2.12. The Kier molecular flexibility index (Phi) is 2.56. The summed E-state index contributed by atoms with van der Waals surface area (Å²) in [7, 11) is 0. The van der Waals surface area contributed by atoms with E-state index in [9.17, 15) is 4.39 Å². The summed E-state index contributed by atoms with van der Waals surface area (Å²) in [6.07, 6.45) is 0.284. The van der Waals surface area contributed by atoms with Crippen molar-refractivity contribution in [3.63, 3.8) is 0 Å². The second-order valence-electron chi connectivity index (χ2n) is 3.31. The molecule has 0 unspecified atom stereocenters. The lowest BCUT2D eigenvalue weighted by molar-refractivity contribution is 0.189. The van der Waals surface area contributed by atoms with Crippen LogP contribution in [0.2, 0.25) is 0 Å². The van der Waals surface area contributed by atoms with Gasteiger partial charge in [-0.3, -0.25) is 0 Å². The molecule has 1 aromatic heterocycles. The minimum atomic E-state index is -1.27. The van der Waals surface area contributed by atoms with Gasteiger partial charge < -0.3 is 0 Å². The maximum absolute atomic E-state index is 13.1. The van der Waals surface area contributed by atoms with E-state index in [2.05, 4.69) is 15.5 Å². The Morgan fingerprint density at radius 2 is 2.31 bits per heavy atom. The molecule has 5 nitrogen and oxygen atoms in total. The van der Waals surface area contributed by atoms with Gasteiger partial charge in [-0.15, -0.1) is 0 Å². The molecule has 1 aromatic rings. The Hall–Kier alpha value is -1.51. The first-order chi connectivity index (χ1) is 6.03. The third-order valence-electron chi connectivity index (χ3n) is 1.55. The Morgan fingerprint density at radius 3 is 2.85 bits per heavy atom. The van der Waals surface area contributed by atoms with E-state index in [0.717, 1.165) is 0 Å². The number of tetrazole rings is 1. The van der Waals surface area contributed by atoms with Gasteiger partial charge in [0.15, 0.2) is 0 Å². The van der Waals surface area contributed by atoms with Crippen molar-refractivity contribution >= 4 is 0 Å². The van der Waals surface area contributed by atoms with Crippen LogP contribution in [0.4, 0.5) is 4.39 Å². The molecule has 0 amide bonds. The number of hydrogen-bond acceptors (Lipinski definition) is 4. The van der Waals surface area contributed by atoms with Crippen molar-refractivity contribution in [3.8, 4) is 6.07 Å². The molecule has 0 fully saturated rings. The Bertz CT molecular complexity index is 318. The van der Waals surface area contributed by atoms with Crippen molar-refractivity contribution < 1.29 is 4.39 Å². The van der Waals surface area contributed by atoms with Crippen LogP contribution in [0.25, 0.3) is 0 Å². The number of hydrogen-bond donors (Lipinski definition) is 0. The van der Waals surface area contributed by atoms with Crippen LogP contribution in [0.15, 0.2) is 0 Å². The zero-order chi connectivity index (χ0) is 9.90. The molecule has 0 aliphatic heterocycles. The Morgan fingerprint density at radius 1 is 1.62 bits per heavy atom. The lowest BCUT2D eigenvalue weighted by atomic mass is 10.1. The number of nitriles is 1. The minimum absolute atomic E-state index is 0.115. The summed E-state index contributed by atoms with van der Waals surface area (Å²) in [4.78, 5) is 0. The predicted octanol–water partition coefficient (Wildman–Crippen LogP) is 0.683. The molecule has 0 aliphatic carbocycles. The number of halogens is 1. The van der Waals surface area contributed by atoms with Crippen LogP contribution in [0.1, 0.15) is 26.1 Å². The third kappa shape index (κ3) is 2.78. The summed E-state index contributed by atoms with van der Waals surface area (Å²) >= 11 is 0. The van der Waals surface area contributed by atoms with Crippen LogP contribution in [-0.4, -0.2) is 25.9 Å². The molecule has 1 heterocycles. The Labute approximate surface area is 75.2 Å². The first-order valence-electron chi connectivity index (χ1n) is 3.88. The Balaban J connectivity index is 2.61. The zero-order valence-corrected chi connectivity index (χ0v) is 7.53. The number of aryl methyl sites for hydroxylation is 1. The summed E-state index contributed by atoms with van der Waals surface area (Å²) in [5.74, 6) is 0.115. The average molecular weight is 183 g/mol. The van der Waals surface area contributed by atoms with Gasteiger partial charge in [0.25, 0.3) is 5.82 Å².